The summed E-state index contributed by atoms with van der Waals surface area (Å²) in [6.07, 6.45) is 17.8. The molecule has 6 heteroatoms. The number of fused-ring (bicyclic) bond motifs is 2. The molecule has 1 aromatic rings. The van der Waals surface area contributed by atoms with Crippen LogP contribution in [0, 0.1) is 6.92 Å². The molecule has 2 bridgehead atoms. The molecule has 0 saturated carbocycles. The fourth-order valence-electron chi connectivity index (χ4n) is 6.75. The lowest BCUT2D eigenvalue weighted by molar-refractivity contribution is 0.0232. The number of carbonyl (C=O) groups excluding carboxylic acids is 1. The molecule has 0 spiro atoms. The number of benzene rings is 1. The zero-order valence-corrected chi connectivity index (χ0v) is 21.0. The third kappa shape index (κ3) is 4.63. The Bertz CT molecular complexity index is 930. The van der Waals surface area contributed by atoms with Crippen LogP contribution >= 0.6 is 0 Å². The number of piperidine rings is 1. The number of hydrogen-bond acceptors (Lipinski definition) is 5. The van der Waals surface area contributed by atoms with Crippen LogP contribution in [0.15, 0.2) is 42.6 Å². The molecule has 0 aromatic heterocycles. The van der Waals surface area contributed by atoms with Crippen molar-refractivity contribution in [2.75, 3.05) is 27.2 Å². The molecule has 0 aliphatic carbocycles. The maximum atomic E-state index is 13.1. The van der Waals surface area contributed by atoms with E-state index >= 15 is 0 Å². The molecule has 4 atom stereocenters. The van der Waals surface area contributed by atoms with Crippen molar-refractivity contribution >= 4 is 5.91 Å². The molecule has 4 unspecified atom stereocenters. The minimum Gasteiger partial charge on any atom is -0.496 e. The van der Waals surface area contributed by atoms with Crippen molar-refractivity contribution in [3.63, 3.8) is 0 Å². The van der Waals surface area contributed by atoms with Gasteiger partial charge in [-0.3, -0.25) is 9.69 Å². The lowest BCUT2D eigenvalue weighted by Gasteiger charge is -2.47. The summed E-state index contributed by atoms with van der Waals surface area (Å²) in [6.45, 7) is 4.30. The van der Waals surface area contributed by atoms with E-state index < -0.39 is 0 Å². The molecule has 1 aromatic carbocycles. The second-order valence-corrected chi connectivity index (χ2v) is 10.6. The Labute approximate surface area is 204 Å². The van der Waals surface area contributed by atoms with Crippen LogP contribution in [0.4, 0.5) is 0 Å². The molecule has 1 amide bonds. The third-order valence-electron chi connectivity index (χ3n) is 8.58. The summed E-state index contributed by atoms with van der Waals surface area (Å²) in [5.74, 6) is 0.792. The molecule has 184 valence electrons. The maximum Gasteiger partial charge on any atom is 0.251 e. The third-order valence-corrected chi connectivity index (χ3v) is 8.58. The Hall–Kier alpha value is -2.31. The zero-order valence-electron chi connectivity index (χ0n) is 21.0. The Balaban J connectivity index is 1.22. The number of allylic oxidation sites excluding steroid dienone is 2. The van der Waals surface area contributed by atoms with E-state index in [0.29, 0.717) is 18.2 Å². The van der Waals surface area contributed by atoms with Crippen LogP contribution in [0.25, 0.3) is 0 Å². The van der Waals surface area contributed by atoms with Crippen molar-refractivity contribution in [1.29, 1.82) is 0 Å². The van der Waals surface area contributed by atoms with E-state index in [4.69, 9.17) is 4.74 Å². The van der Waals surface area contributed by atoms with Crippen LogP contribution in [0.2, 0.25) is 0 Å². The van der Waals surface area contributed by atoms with E-state index in [1.807, 2.05) is 25.1 Å². The molecular weight excluding hydrogens is 424 g/mol. The van der Waals surface area contributed by atoms with E-state index in [-0.39, 0.29) is 11.9 Å². The number of likely N-dealkylation sites (tertiary alicyclic amines) is 1. The average Bonchev–Trinajstić information content (AvgIpc) is 3.37. The van der Waals surface area contributed by atoms with Gasteiger partial charge < -0.3 is 19.9 Å². The summed E-state index contributed by atoms with van der Waals surface area (Å²) in [5, 5.41) is 3.36. The maximum absolute atomic E-state index is 13.1. The Morgan fingerprint density at radius 3 is 2.65 bits per heavy atom. The van der Waals surface area contributed by atoms with Gasteiger partial charge in [-0.25, -0.2) is 0 Å². The molecular formula is C28H40N4O2. The Kier molecular flexibility index (Phi) is 6.98. The van der Waals surface area contributed by atoms with Gasteiger partial charge in [-0.2, -0.15) is 0 Å². The highest BCUT2D eigenvalue weighted by Gasteiger charge is 2.45. The first-order chi connectivity index (χ1) is 16.5. The molecule has 4 aliphatic rings. The fraction of sp³-hybridized carbons (Fsp3) is 0.607. The van der Waals surface area contributed by atoms with Gasteiger partial charge in [-0.1, -0.05) is 12.1 Å². The van der Waals surface area contributed by atoms with E-state index in [0.717, 1.165) is 42.3 Å². The van der Waals surface area contributed by atoms with E-state index in [1.165, 1.54) is 38.6 Å². The van der Waals surface area contributed by atoms with Gasteiger partial charge in [0.25, 0.3) is 5.91 Å². The normalized spacial score (nSPS) is 31.3. The van der Waals surface area contributed by atoms with Gasteiger partial charge in [0.2, 0.25) is 0 Å². The van der Waals surface area contributed by atoms with Crippen LogP contribution < -0.4 is 10.1 Å². The Morgan fingerprint density at radius 1 is 1.15 bits per heavy atom. The molecule has 1 N–H and O–H groups in total. The second-order valence-electron chi connectivity index (χ2n) is 10.6. The van der Waals surface area contributed by atoms with Crippen molar-refractivity contribution in [2.45, 2.75) is 82.2 Å². The van der Waals surface area contributed by atoms with Gasteiger partial charge in [0.05, 0.1) is 7.11 Å². The minimum absolute atomic E-state index is 0.0251. The Morgan fingerprint density at radius 2 is 1.94 bits per heavy atom. The van der Waals surface area contributed by atoms with Crippen LogP contribution in [-0.2, 0) is 0 Å². The number of nitrogens with one attached hydrogen (secondary N) is 1. The first-order valence-electron chi connectivity index (χ1n) is 13.1. The predicted molar refractivity (Wildman–Crippen MR) is 136 cm³/mol. The largest absolute Gasteiger partial charge is 0.496 e. The molecule has 4 aliphatic heterocycles. The number of carbonyl (C=O) groups is 1. The first-order valence-corrected chi connectivity index (χ1v) is 13.1. The highest BCUT2D eigenvalue weighted by Crippen LogP contribution is 2.39. The number of rotatable bonds is 7. The van der Waals surface area contributed by atoms with E-state index in [2.05, 4.69) is 51.5 Å². The van der Waals surface area contributed by atoms with Crippen molar-refractivity contribution in [3.8, 4) is 5.75 Å². The molecule has 4 heterocycles. The van der Waals surface area contributed by atoms with Crippen LogP contribution in [0.1, 0.15) is 60.9 Å². The average molecular weight is 465 g/mol. The summed E-state index contributed by atoms with van der Waals surface area (Å²) < 4.78 is 5.41. The summed E-state index contributed by atoms with van der Waals surface area (Å²) in [5.41, 5.74) is 1.63. The monoisotopic (exact) mass is 464 g/mol. The van der Waals surface area contributed by atoms with E-state index in [1.54, 1.807) is 7.11 Å². The quantitative estimate of drug-likeness (QED) is 0.663. The highest BCUT2D eigenvalue weighted by atomic mass is 16.5. The summed E-state index contributed by atoms with van der Waals surface area (Å²) in [4.78, 5) is 20.9. The predicted octanol–water partition coefficient (Wildman–Crippen LogP) is 3.92. The van der Waals surface area contributed by atoms with Crippen LogP contribution in [0.5, 0.6) is 5.75 Å². The topological polar surface area (TPSA) is 48.1 Å². The van der Waals surface area contributed by atoms with Gasteiger partial charge in [-0.15, -0.1) is 0 Å². The van der Waals surface area contributed by atoms with E-state index in [9.17, 15) is 4.79 Å². The molecule has 6 nitrogen and oxygen atoms in total. The smallest absolute Gasteiger partial charge is 0.251 e. The first kappa shape index (κ1) is 23.4. The number of ether oxygens (including phenoxy) is 1. The molecule has 3 saturated heterocycles. The van der Waals surface area contributed by atoms with Crippen LogP contribution in [-0.4, -0.2) is 78.2 Å². The van der Waals surface area contributed by atoms with Gasteiger partial charge in [0, 0.05) is 48.0 Å². The van der Waals surface area contributed by atoms with Gasteiger partial charge in [0.1, 0.15) is 11.9 Å². The van der Waals surface area contributed by atoms with Crippen molar-refractivity contribution in [2.24, 2.45) is 0 Å². The molecule has 3 fully saturated rings. The van der Waals surface area contributed by atoms with Crippen LogP contribution in [0.3, 0.4) is 0 Å². The lowest BCUT2D eigenvalue weighted by atomic mass is 9.95. The van der Waals surface area contributed by atoms with Gasteiger partial charge >= 0.3 is 0 Å². The minimum atomic E-state index is 0.0251. The second kappa shape index (κ2) is 10.1. The van der Waals surface area contributed by atoms with Crippen molar-refractivity contribution < 1.29 is 9.53 Å². The summed E-state index contributed by atoms with van der Waals surface area (Å²) in [7, 11) is 3.93. The lowest BCUT2D eigenvalue weighted by Crippen LogP contribution is -2.57. The summed E-state index contributed by atoms with van der Waals surface area (Å²) >= 11 is 0. The molecule has 0 radical (unpaired) electrons. The zero-order chi connectivity index (χ0) is 23.7. The summed E-state index contributed by atoms with van der Waals surface area (Å²) in [6, 6.07) is 7.70. The number of methoxy groups -OCH3 is 1. The molecule has 34 heavy (non-hydrogen) atoms. The van der Waals surface area contributed by atoms with Crippen molar-refractivity contribution in [1.82, 2.24) is 20.0 Å². The number of hydrogen-bond donors (Lipinski definition) is 1. The number of amides is 1. The van der Waals surface area contributed by atoms with Gasteiger partial charge in [0.15, 0.2) is 0 Å². The van der Waals surface area contributed by atoms with Gasteiger partial charge in [-0.05, 0) is 89.7 Å². The SMILES string of the molecule is COc1cccc(C(=O)NC2CC3CCC(C2)N3C2C=CC=CN2CCC2CCCN2C)c1C. The fourth-order valence-corrected chi connectivity index (χ4v) is 6.75. The standard InChI is InChI=1S/C28H40N4O2/c1-20-25(9-6-10-26(20)34-3)28(33)29-21-18-23-12-13-24(19-21)32(23)27-11-4-5-16-31(27)17-14-22-8-7-15-30(22)2/h4-6,9-11,16,21-24,27H,7-8,12-15,17-19H2,1-3H3,(H,29,33). The number of nitrogens with zero attached hydrogens (tertiary/aromatic N) is 3. The highest BCUT2D eigenvalue weighted by molar-refractivity contribution is 5.96. The van der Waals surface area contributed by atoms with Crippen molar-refractivity contribution in [3.05, 3.63) is 53.8 Å². The molecule has 5 rings (SSSR count).